The number of aromatic nitrogens is 1. The lowest BCUT2D eigenvalue weighted by molar-refractivity contribution is -0.115. The van der Waals surface area contributed by atoms with Crippen LogP contribution in [0.3, 0.4) is 0 Å². The van der Waals surface area contributed by atoms with Crippen molar-refractivity contribution in [2.45, 2.75) is 4.90 Å². The highest BCUT2D eigenvalue weighted by Crippen LogP contribution is 2.24. The fraction of sp³-hybridized carbons (Fsp3) is 0.0556. The van der Waals surface area contributed by atoms with Gasteiger partial charge >= 0.3 is 0 Å². The molecule has 0 atom stereocenters. The monoisotopic (exact) mass is 384 g/mol. The van der Waals surface area contributed by atoms with Crippen molar-refractivity contribution in [3.63, 3.8) is 0 Å². The van der Waals surface area contributed by atoms with Crippen molar-refractivity contribution in [1.82, 2.24) is 10.3 Å². The van der Waals surface area contributed by atoms with Crippen LogP contribution in [0.15, 0.2) is 64.9 Å². The molecule has 0 unspecified atom stereocenters. The second kappa shape index (κ2) is 8.61. The Kier molecular flexibility index (Phi) is 6.00. The SMILES string of the molecule is NSc1cccc(C(=O)NCC(=O)Nc2nc(-c3ccccc3)cs2)c1. The van der Waals surface area contributed by atoms with E-state index in [1.165, 1.54) is 11.3 Å². The molecule has 26 heavy (non-hydrogen) atoms. The maximum atomic E-state index is 12.1. The molecular weight excluding hydrogens is 368 g/mol. The number of amides is 2. The predicted octanol–water partition coefficient (Wildman–Crippen LogP) is 3.14. The summed E-state index contributed by atoms with van der Waals surface area (Å²) in [6.07, 6.45) is 0. The standard InChI is InChI=1S/C18H16N4O2S2/c19-26-14-8-4-7-13(9-14)17(24)20-10-16(23)22-18-21-15(11-25-18)12-5-2-1-3-6-12/h1-9,11H,10,19H2,(H,20,24)(H,21,22,23). The molecule has 0 aliphatic heterocycles. The molecule has 0 saturated heterocycles. The van der Waals surface area contributed by atoms with Crippen LogP contribution in [0.25, 0.3) is 11.3 Å². The molecule has 2 amide bonds. The lowest BCUT2D eigenvalue weighted by Crippen LogP contribution is -2.32. The van der Waals surface area contributed by atoms with Crippen molar-refractivity contribution in [2.75, 3.05) is 11.9 Å². The number of nitrogens with two attached hydrogens (primary N) is 1. The number of carbonyl (C=O) groups excluding carboxylic acids is 2. The van der Waals surface area contributed by atoms with Gasteiger partial charge in [-0.1, -0.05) is 36.4 Å². The topological polar surface area (TPSA) is 97.1 Å². The van der Waals surface area contributed by atoms with E-state index in [-0.39, 0.29) is 18.4 Å². The Morgan fingerprint density at radius 1 is 1.12 bits per heavy atom. The normalized spacial score (nSPS) is 10.3. The molecule has 0 aliphatic rings. The second-order valence-electron chi connectivity index (χ2n) is 5.28. The summed E-state index contributed by atoms with van der Waals surface area (Å²) in [5, 5.41) is 13.1. The number of carbonyl (C=O) groups is 2. The predicted molar refractivity (Wildman–Crippen MR) is 105 cm³/mol. The van der Waals surface area contributed by atoms with E-state index in [9.17, 15) is 9.59 Å². The number of nitrogens with zero attached hydrogens (tertiary/aromatic N) is 1. The molecule has 0 bridgehead atoms. The fourth-order valence-corrected chi connectivity index (χ4v) is 3.30. The Balaban J connectivity index is 1.54. The second-order valence-corrected chi connectivity index (χ2v) is 6.85. The molecule has 6 nitrogen and oxygen atoms in total. The van der Waals surface area contributed by atoms with Gasteiger partial charge in [-0.15, -0.1) is 11.3 Å². The van der Waals surface area contributed by atoms with E-state index in [4.69, 9.17) is 5.14 Å². The third-order valence-electron chi connectivity index (χ3n) is 3.46. The smallest absolute Gasteiger partial charge is 0.251 e. The zero-order chi connectivity index (χ0) is 18.4. The summed E-state index contributed by atoms with van der Waals surface area (Å²) < 4.78 is 0. The van der Waals surface area contributed by atoms with E-state index >= 15 is 0 Å². The minimum absolute atomic E-state index is 0.140. The Morgan fingerprint density at radius 2 is 1.92 bits per heavy atom. The van der Waals surface area contributed by atoms with Gasteiger partial charge in [-0.3, -0.25) is 14.7 Å². The lowest BCUT2D eigenvalue weighted by atomic mass is 10.2. The summed E-state index contributed by atoms with van der Waals surface area (Å²) in [5.74, 6) is -0.670. The summed E-state index contributed by atoms with van der Waals surface area (Å²) in [6, 6.07) is 16.6. The largest absolute Gasteiger partial charge is 0.343 e. The van der Waals surface area contributed by atoms with Gasteiger partial charge in [-0.2, -0.15) is 0 Å². The number of hydrogen-bond acceptors (Lipinski definition) is 6. The molecule has 3 aromatic rings. The molecule has 0 radical (unpaired) electrons. The fourth-order valence-electron chi connectivity index (χ4n) is 2.21. The van der Waals surface area contributed by atoms with Crippen LogP contribution in [-0.4, -0.2) is 23.3 Å². The van der Waals surface area contributed by atoms with Crippen molar-refractivity contribution in [1.29, 1.82) is 0 Å². The van der Waals surface area contributed by atoms with Gasteiger partial charge in [-0.05, 0) is 30.1 Å². The summed E-state index contributed by atoms with van der Waals surface area (Å²) in [7, 11) is 0. The highest BCUT2D eigenvalue weighted by Gasteiger charge is 2.11. The Bertz CT molecular complexity index is 912. The maximum absolute atomic E-state index is 12.1. The Hall–Kier alpha value is -2.68. The third-order valence-corrected chi connectivity index (χ3v) is 4.75. The number of rotatable bonds is 6. The van der Waals surface area contributed by atoms with Crippen molar-refractivity contribution < 1.29 is 9.59 Å². The third kappa shape index (κ3) is 4.69. The van der Waals surface area contributed by atoms with Crippen LogP contribution < -0.4 is 15.8 Å². The zero-order valence-corrected chi connectivity index (χ0v) is 15.3. The summed E-state index contributed by atoms with van der Waals surface area (Å²) in [5.41, 5.74) is 2.23. The summed E-state index contributed by atoms with van der Waals surface area (Å²) >= 11 is 2.40. The highest BCUT2D eigenvalue weighted by atomic mass is 32.2. The van der Waals surface area contributed by atoms with Crippen LogP contribution in [0.1, 0.15) is 10.4 Å². The first-order chi connectivity index (χ1) is 12.7. The molecule has 1 aromatic heterocycles. The van der Waals surface area contributed by atoms with E-state index in [1.807, 2.05) is 35.7 Å². The molecule has 2 aromatic carbocycles. The summed E-state index contributed by atoms with van der Waals surface area (Å²) in [4.78, 5) is 29.3. The number of hydrogen-bond donors (Lipinski definition) is 3. The van der Waals surface area contributed by atoms with Crippen molar-refractivity contribution in [3.8, 4) is 11.3 Å². The summed E-state index contributed by atoms with van der Waals surface area (Å²) in [6.45, 7) is -0.140. The van der Waals surface area contributed by atoms with E-state index in [2.05, 4.69) is 15.6 Å². The van der Waals surface area contributed by atoms with Gasteiger partial charge in [0.1, 0.15) is 0 Å². The quantitative estimate of drug-likeness (QED) is 0.567. The first-order valence-electron chi connectivity index (χ1n) is 7.71. The van der Waals surface area contributed by atoms with Gasteiger partial charge in [0.2, 0.25) is 5.91 Å². The zero-order valence-electron chi connectivity index (χ0n) is 13.6. The Labute approximate surface area is 159 Å². The molecule has 1 heterocycles. The van der Waals surface area contributed by atoms with Gasteiger partial charge in [0.05, 0.1) is 12.2 Å². The molecule has 0 saturated carbocycles. The highest BCUT2D eigenvalue weighted by molar-refractivity contribution is 7.97. The van der Waals surface area contributed by atoms with Crippen LogP contribution in [0, 0.1) is 0 Å². The van der Waals surface area contributed by atoms with Gasteiger partial charge < -0.3 is 10.6 Å². The van der Waals surface area contributed by atoms with Crippen LogP contribution in [0.5, 0.6) is 0 Å². The molecular formula is C18H16N4O2S2. The molecule has 0 fully saturated rings. The van der Waals surface area contributed by atoms with Crippen LogP contribution in [-0.2, 0) is 4.79 Å². The van der Waals surface area contributed by atoms with Crippen molar-refractivity contribution >= 4 is 40.2 Å². The van der Waals surface area contributed by atoms with Crippen LogP contribution in [0.2, 0.25) is 0 Å². The lowest BCUT2D eigenvalue weighted by Gasteiger charge is -2.06. The average molecular weight is 384 g/mol. The minimum atomic E-state index is -0.336. The van der Waals surface area contributed by atoms with Crippen LogP contribution in [0.4, 0.5) is 5.13 Å². The maximum Gasteiger partial charge on any atom is 0.251 e. The molecule has 132 valence electrons. The van der Waals surface area contributed by atoms with E-state index < -0.39 is 0 Å². The molecule has 0 spiro atoms. The van der Waals surface area contributed by atoms with Crippen molar-refractivity contribution in [3.05, 3.63) is 65.5 Å². The number of anilines is 1. The molecule has 0 aliphatic carbocycles. The number of benzene rings is 2. The first kappa shape index (κ1) is 18.1. The van der Waals surface area contributed by atoms with Gasteiger partial charge in [-0.25, -0.2) is 4.98 Å². The van der Waals surface area contributed by atoms with Crippen molar-refractivity contribution in [2.24, 2.45) is 5.14 Å². The Morgan fingerprint density at radius 3 is 2.69 bits per heavy atom. The molecule has 4 N–H and O–H groups in total. The van der Waals surface area contributed by atoms with E-state index in [0.29, 0.717) is 10.7 Å². The van der Waals surface area contributed by atoms with E-state index in [0.717, 1.165) is 28.1 Å². The van der Waals surface area contributed by atoms with Crippen LogP contribution >= 0.6 is 23.3 Å². The number of thiazole rings is 1. The van der Waals surface area contributed by atoms with Gasteiger partial charge in [0, 0.05) is 21.4 Å². The number of nitrogens with one attached hydrogen (secondary N) is 2. The molecule has 3 rings (SSSR count). The van der Waals surface area contributed by atoms with E-state index in [1.54, 1.807) is 24.3 Å². The van der Waals surface area contributed by atoms with Gasteiger partial charge in [0.15, 0.2) is 5.13 Å². The first-order valence-corrected chi connectivity index (χ1v) is 9.47. The molecule has 8 heteroatoms. The van der Waals surface area contributed by atoms with Gasteiger partial charge in [0.25, 0.3) is 5.91 Å². The minimum Gasteiger partial charge on any atom is -0.343 e. The average Bonchev–Trinajstić information content (AvgIpc) is 3.15.